The minimum absolute atomic E-state index is 0.124. The van der Waals surface area contributed by atoms with E-state index in [1.54, 1.807) is 0 Å². The average molecular weight is 661 g/mol. The van der Waals surface area contributed by atoms with Crippen molar-refractivity contribution in [3.63, 3.8) is 0 Å². The zero-order chi connectivity index (χ0) is 35.6. The first-order chi connectivity index (χ1) is 19.8. The fourth-order valence-electron chi connectivity index (χ4n) is 9.96. The van der Waals surface area contributed by atoms with Gasteiger partial charge in [-0.2, -0.15) is 0 Å². The lowest BCUT2D eigenvalue weighted by Gasteiger charge is -2.46. The van der Waals surface area contributed by atoms with Crippen LogP contribution in [0.4, 0.5) is 0 Å². The van der Waals surface area contributed by atoms with Crippen LogP contribution in [-0.2, 0) is 10.8 Å². The van der Waals surface area contributed by atoms with Gasteiger partial charge in [-0.1, -0.05) is 162 Å². The Kier molecular flexibility index (Phi) is 14.5. The third-order valence-corrected chi connectivity index (χ3v) is 13.9. The van der Waals surface area contributed by atoms with Gasteiger partial charge in [0.05, 0.1) is 0 Å². The highest BCUT2D eigenvalue weighted by atomic mass is 32.2. The van der Waals surface area contributed by atoms with Crippen molar-refractivity contribution in [2.45, 2.75) is 192 Å². The van der Waals surface area contributed by atoms with Gasteiger partial charge in [0.15, 0.2) is 0 Å². The molecule has 0 spiro atoms. The summed E-state index contributed by atoms with van der Waals surface area (Å²) in [6.45, 7) is 51.5. The molecule has 0 heterocycles. The molecule has 1 aromatic carbocycles. The van der Waals surface area contributed by atoms with Gasteiger partial charge in [0.2, 0.25) is 0 Å². The second kappa shape index (κ2) is 15.2. The first-order valence-corrected chi connectivity index (χ1v) is 20.3. The molecule has 0 nitrogen and oxygen atoms in total. The Bertz CT molecular complexity index is 1050. The predicted molar refractivity (Wildman–Crippen MR) is 213 cm³/mol. The number of hydrogen-bond acceptors (Lipinski definition) is 2. The van der Waals surface area contributed by atoms with Crippen LogP contribution in [0.2, 0.25) is 0 Å². The second-order valence-corrected chi connectivity index (χ2v) is 24.2. The summed E-state index contributed by atoms with van der Waals surface area (Å²) in [5.41, 5.74) is 6.13. The average Bonchev–Trinajstić information content (AvgIpc) is 2.72. The summed E-state index contributed by atoms with van der Waals surface area (Å²) >= 11 is 4.50. The van der Waals surface area contributed by atoms with Crippen molar-refractivity contribution in [3.8, 4) is 0 Å². The van der Waals surface area contributed by atoms with E-state index in [1.807, 2.05) is 0 Å². The number of hydrogen-bond donors (Lipinski definition) is 0. The van der Waals surface area contributed by atoms with Crippen LogP contribution in [0.5, 0.6) is 0 Å². The predicted octanol–water partition coefficient (Wildman–Crippen LogP) is 14.8. The van der Waals surface area contributed by atoms with E-state index in [4.69, 9.17) is 0 Å². The molecule has 0 aliphatic rings. The molecule has 0 bridgehead atoms. The molecule has 2 unspecified atom stereocenters. The van der Waals surface area contributed by atoms with E-state index in [1.165, 1.54) is 47.5 Å². The van der Waals surface area contributed by atoms with Gasteiger partial charge in [0.1, 0.15) is 0 Å². The number of benzene rings is 1. The van der Waals surface area contributed by atoms with Crippen LogP contribution in [0.25, 0.3) is 0 Å². The normalized spacial score (nSPS) is 16.1. The van der Waals surface area contributed by atoms with E-state index in [-0.39, 0.29) is 21.7 Å². The van der Waals surface area contributed by atoms with E-state index in [0.717, 1.165) is 0 Å². The minimum atomic E-state index is 0.124. The molecule has 1 aromatic rings. The molecule has 0 saturated carbocycles. The first kappa shape index (κ1) is 42.9. The Labute approximate surface area is 293 Å². The Morgan fingerprint density at radius 2 is 0.889 bits per heavy atom. The molecule has 0 amide bonds. The lowest BCUT2D eigenvalue weighted by Crippen LogP contribution is -2.38. The molecule has 0 aliphatic heterocycles. The van der Waals surface area contributed by atoms with Crippen molar-refractivity contribution < 1.29 is 0 Å². The summed E-state index contributed by atoms with van der Waals surface area (Å²) in [6.07, 6.45) is 4.97. The quantitative estimate of drug-likeness (QED) is 0.162. The van der Waals surface area contributed by atoms with E-state index in [2.05, 4.69) is 187 Å². The van der Waals surface area contributed by atoms with Crippen molar-refractivity contribution in [3.05, 3.63) is 34.9 Å². The summed E-state index contributed by atoms with van der Waals surface area (Å²) in [5.74, 6) is 1.32. The molecule has 264 valence electrons. The Morgan fingerprint density at radius 3 is 1.24 bits per heavy atom. The SMILES string of the molecule is Cc1cc(C(C)(C)C)cc(C(C)(C)CC(C)(C)CC(C)(C)C(SCSC(C(C)C)C(C)(C)CC(C)(C)CC(C)(C)C)C(C)C)c1. The van der Waals surface area contributed by atoms with Crippen molar-refractivity contribution in [1.82, 2.24) is 0 Å². The number of thioether (sulfide) groups is 2. The van der Waals surface area contributed by atoms with Gasteiger partial charge in [-0.15, -0.1) is 23.5 Å². The first-order valence-electron chi connectivity index (χ1n) is 18.2. The molecule has 2 heteroatoms. The lowest BCUT2D eigenvalue weighted by molar-refractivity contribution is 0.122. The zero-order valence-corrected chi connectivity index (χ0v) is 36.0. The van der Waals surface area contributed by atoms with E-state index in [0.29, 0.717) is 38.6 Å². The summed E-state index contributed by atoms with van der Waals surface area (Å²) in [5, 5.41) is 2.47. The van der Waals surface area contributed by atoms with Gasteiger partial charge in [-0.25, -0.2) is 0 Å². The van der Waals surface area contributed by atoms with Crippen LogP contribution in [0.1, 0.15) is 181 Å². The van der Waals surface area contributed by atoms with Crippen LogP contribution in [0, 0.1) is 45.8 Å². The monoisotopic (exact) mass is 661 g/mol. The van der Waals surface area contributed by atoms with Crippen molar-refractivity contribution >= 4 is 23.5 Å². The van der Waals surface area contributed by atoms with Gasteiger partial charge in [-0.05, 0) is 93.5 Å². The van der Waals surface area contributed by atoms with Crippen LogP contribution in [0.3, 0.4) is 0 Å². The maximum absolute atomic E-state index is 2.56. The zero-order valence-electron chi connectivity index (χ0n) is 34.4. The van der Waals surface area contributed by atoms with Gasteiger partial charge in [0, 0.05) is 15.6 Å². The highest BCUT2D eigenvalue weighted by Gasteiger charge is 2.42. The molecular formula is C43H80S2. The highest BCUT2D eigenvalue weighted by molar-refractivity contribution is 8.16. The standard InChI is InChI=1S/C43H80S2/c1-30(2)35(42(18,19)27-39(12,13)25-37(6,7)8)44-29-45-36(31(3)4)43(20,21)28-40(14,15)26-41(16,17)34-23-32(5)22-33(24-34)38(9,10)11/h22-24,30-31,35-36H,25-29H2,1-21H3. The van der Waals surface area contributed by atoms with E-state index >= 15 is 0 Å². The molecule has 2 atom stereocenters. The summed E-state index contributed by atoms with van der Waals surface area (Å²) < 4.78 is 0. The third kappa shape index (κ3) is 14.1. The third-order valence-electron chi connectivity index (χ3n) is 9.77. The van der Waals surface area contributed by atoms with Crippen molar-refractivity contribution in [2.24, 2.45) is 38.9 Å². The number of aryl methyl sites for hydroxylation is 1. The number of rotatable bonds is 16. The molecular weight excluding hydrogens is 581 g/mol. The van der Waals surface area contributed by atoms with Crippen LogP contribution >= 0.6 is 23.5 Å². The van der Waals surface area contributed by atoms with Gasteiger partial charge < -0.3 is 0 Å². The van der Waals surface area contributed by atoms with E-state index < -0.39 is 0 Å². The molecule has 45 heavy (non-hydrogen) atoms. The Morgan fingerprint density at radius 1 is 0.511 bits per heavy atom. The molecule has 0 aliphatic carbocycles. The molecule has 0 aromatic heterocycles. The van der Waals surface area contributed by atoms with Crippen LogP contribution in [0.15, 0.2) is 18.2 Å². The van der Waals surface area contributed by atoms with Crippen molar-refractivity contribution in [2.75, 3.05) is 5.08 Å². The summed E-state index contributed by atoms with van der Waals surface area (Å²) in [6, 6.07) is 7.32. The van der Waals surface area contributed by atoms with E-state index in [9.17, 15) is 0 Å². The molecule has 0 N–H and O–H groups in total. The molecule has 0 fully saturated rings. The lowest BCUT2D eigenvalue weighted by atomic mass is 9.64. The van der Waals surface area contributed by atoms with Gasteiger partial charge in [0.25, 0.3) is 0 Å². The fourth-order valence-corrected chi connectivity index (χ4v) is 13.3. The maximum atomic E-state index is 2.56. The Hall–Kier alpha value is -0.0800. The Balaban J connectivity index is 3.10. The van der Waals surface area contributed by atoms with Crippen LogP contribution < -0.4 is 0 Å². The summed E-state index contributed by atoms with van der Waals surface area (Å²) in [4.78, 5) is 0. The molecule has 0 radical (unpaired) electrons. The summed E-state index contributed by atoms with van der Waals surface area (Å²) in [7, 11) is 0. The molecule has 0 saturated heterocycles. The van der Waals surface area contributed by atoms with Crippen molar-refractivity contribution in [1.29, 1.82) is 0 Å². The van der Waals surface area contributed by atoms with Crippen LogP contribution in [-0.4, -0.2) is 15.6 Å². The van der Waals surface area contributed by atoms with Gasteiger partial charge >= 0.3 is 0 Å². The highest BCUT2D eigenvalue weighted by Crippen LogP contribution is 2.51. The second-order valence-electron chi connectivity index (χ2n) is 21.6. The minimum Gasteiger partial charge on any atom is -0.147 e. The maximum Gasteiger partial charge on any atom is 0.0398 e. The largest absolute Gasteiger partial charge is 0.147 e. The van der Waals surface area contributed by atoms with Gasteiger partial charge in [-0.3, -0.25) is 0 Å². The topological polar surface area (TPSA) is 0 Å². The fraction of sp³-hybridized carbons (Fsp3) is 0.860. The molecule has 1 rings (SSSR count). The smallest absolute Gasteiger partial charge is 0.0398 e.